The summed E-state index contributed by atoms with van der Waals surface area (Å²) in [4.78, 5) is 17.0. The third kappa shape index (κ3) is 4.32. The van der Waals surface area contributed by atoms with Crippen molar-refractivity contribution in [2.75, 3.05) is 0 Å². The van der Waals surface area contributed by atoms with Gasteiger partial charge in [0, 0.05) is 17.8 Å². The van der Waals surface area contributed by atoms with Crippen molar-refractivity contribution in [3.8, 4) is 0 Å². The fraction of sp³-hybridized carbons (Fsp3) is 0.455. The summed E-state index contributed by atoms with van der Waals surface area (Å²) in [5.74, 6) is -2.06. The summed E-state index contributed by atoms with van der Waals surface area (Å²) in [5.41, 5.74) is 1.26. The number of alkyl carbamates (subject to hydrolysis) is 1. The number of ether oxygens (including phenoxy) is 1. The minimum absolute atomic E-state index is 0.140. The second kappa shape index (κ2) is 7.86. The van der Waals surface area contributed by atoms with Gasteiger partial charge in [-0.25, -0.2) is 13.6 Å². The second-order valence-corrected chi connectivity index (χ2v) is 8.33. The van der Waals surface area contributed by atoms with Crippen LogP contribution in [0.15, 0.2) is 36.5 Å². The maximum Gasteiger partial charge on any atom is 0.408 e. The predicted molar refractivity (Wildman–Crippen MR) is 103 cm³/mol. The Morgan fingerprint density at radius 3 is 2.57 bits per heavy atom. The Morgan fingerprint density at radius 2 is 1.86 bits per heavy atom. The van der Waals surface area contributed by atoms with E-state index in [1.165, 1.54) is 6.07 Å². The van der Waals surface area contributed by atoms with Crippen molar-refractivity contribution in [1.29, 1.82) is 0 Å². The molecule has 150 valence electrons. The number of carbonyl (C=O) groups excluding carboxylic acids is 1. The van der Waals surface area contributed by atoms with Gasteiger partial charge in [0.15, 0.2) is 11.6 Å². The largest absolute Gasteiger partial charge is 0.444 e. The minimum Gasteiger partial charge on any atom is -0.444 e. The topological polar surface area (TPSA) is 51.2 Å². The van der Waals surface area contributed by atoms with Crippen molar-refractivity contribution in [2.24, 2.45) is 0 Å². The van der Waals surface area contributed by atoms with E-state index in [-0.39, 0.29) is 11.5 Å². The molecule has 1 N–H and O–H groups in total. The van der Waals surface area contributed by atoms with Gasteiger partial charge >= 0.3 is 6.09 Å². The first kappa shape index (κ1) is 20.2. The Kier molecular flexibility index (Phi) is 5.68. The molecule has 28 heavy (non-hydrogen) atoms. The van der Waals surface area contributed by atoms with Gasteiger partial charge in [-0.3, -0.25) is 4.98 Å². The monoisotopic (exact) mass is 388 g/mol. The summed E-state index contributed by atoms with van der Waals surface area (Å²) >= 11 is 0. The number of nitrogens with zero attached hydrogens (tertiary/aromatic N) is 1. The molecule has 2 aromatic rings. The summed E-state index contributed by atoms with van der Waals surface area (Å²) in [7, 11) is 0. The summed E-state index contributed by atoms with van der Waals surface area (Å²) < 4.78 is 34.0. The highest BCUT2D eigenvalue weighted by molar-refractivity contribution is 5.69. The number of amides is 1. The van der Waals surface area contributed by atoms with Crippen LogP contribution in [0.2, 0.25) is 0 Å². The van der Waals surface area contributed by atoms with Crippen molar-refractivity contribution in [1.82, 2.24) is 10.3 Å². The van der Waals surface area contributed by atoms with Gasteiger partial charge in [-0.15, -0.1) is 0 Å². The summed E-state index contributed by atoms with van der Waals surface area (Å²) in [6.07, 6.45) is 2.45. The standard InChI is InChI=1S/C22H26F2N2O2/c1-13-10-11-15(14-7-5-9-17(23)18(14)24)20(16-8-6-12-25-19(13)16)26-21(27)28-22(2,3)4/h5-9,12-13,15,20H,10-11H2,1-4H3,(H,26,27)/t13-,15+,20+/m1/s1. The molecule has 3 rings (SSSR count). The van der Waals surface area contributed by atoms with E-state index < -0.39 is 35.3 Å². The van der Waals surface area contributed by atoms with Gasteiger partial charge in [-0.05, 0) is 62.8 Å². The van der Waals surface area contributed by atoms with Crippen LogP contribution in [0, 0.1) is 11.6 Å². The number of carbonyl (C=O) groups is 1. The first-order chi connectivity index (χ1) is 13.2. The van der Waals surface area contributed by atoms with Crippen LogP contribution in [-0.2, 0) is 4.74 Å². The number of hydrogen-bond acceptors (Lipinski definition) is 3. The highest BCUT2D eigenvalue weighted by atomic mass is 19.2. The summed E-state index contributed by atoms with van der Waals surface area (Å²) in [6.45, 7) is 7.39. The Labute approximate surface area is 164 Å². The fourth-order valence-corrected chi connectivity index (χ4v) is 3.81. The normalized spacial score (nSPS) is 22.1. The molecule has 0 unspecified atom stereocenters. The first-order valence-electron chi connectivity index (χ1n) is 9.55. The Morgan fingerprint density at radius 1 is 1.14 bits per heavy atom. The summed E-state index contributed by atoms with van der Waals surface area (Å²) in [6, 6.07) is 7.29. The molecule has 0 spiro atoms. The molecule has 0 aliphatic heterocycles. The first-order valence-corrected chi connectivity index (χ1v) is 9.55. The lowest BCUT2D eigenvalue weighted by atomic mass is 9.85. The zero-order valence-corrected chi connectivity index (χ0v) is 16.6. The fourth-order valence-electron chi connectivity index (χ4n) is 3.81. The molecule has 0 fully saturated rings. The number of benzene rings is 1. The quantitative estimate of drug-likeness (QED) is 0.681. The van der Waals surface area contributed by atoms with Crippen LogP contribution in [0.3, 0.4) is 0 Å². The number of fused-ring (bicyclic) bond motifs is 1. The van der Waals surface area contributed by atoms with Crippen LogP contribution in [-0.4, -0.2) is 16.7 Å². The molecular weight excluding hydrogens is 362 g/mol. The SMILES string of the molecule is C[C@@H]1CC[C@@H](c2cccc(F)c2F)[C@H](NC(=O)OC(C)(C)C)c2cccnc21. The molecule has 1 aliphatic rings. The van der Waals surface area contributed by atoms with E-state index in [9.17, 15) is 13.6 Å². The zero-order valence-electron chi connectivity index (χ0n) is 16.6. The molecular formula is C22H26F2N2O2. The van der Waals surface area contributed by atoms with Crippen molar-refractivity contribution in [3.63, 3.8) is 0 Å². The van der Waals surface area contributed by atoms with Crippen LogP contribution in [0.1, 0.15) is 75.2 Å². The molecule has 1 aromatic heterocycles. The van der Waals surface area contributed by atoms with E-state index in [0.29, 0.717) is 6.42 Å². The molecule has 1 amide bonds. The third-order valence-electron chi connectivity index (χ3n) is 5.04. The number of rotatable bonds is 2. The number of pyridine rings is 1. The highest BCUT2D eigenvalue weighted by Gasteiger charge is 2.35. The second-order valence-electron chi connectivity index (χ2n) is 8.33. The van der Waals surface area contributed by atoms with Gasteiger partial charge in [0.25, 0.3) is 0 Å². The lowest BCUT2D eigenvalue weighted by molar-refractivity contribution is 0.0494. The highest BCUT2D eigenvalue weighted by Crippen LogP contribution is 2.43. The number of hydrogen-bond donors (Lipinski definition) is 1. The van der Waals surface area contributed by atoms with Crippen molar-refractivity contribution >= 4 is 6.09 Å². The maximum absolute atomic E-state index is 14.6. The number of nitrogens with one attached hydrogen (secondary N) is 1. The molecule has 4 nitrogen and oxygen atoms in total. The van der Waals surface area contributed by atoms with Crippen molar-refractivity contribution in [2.45, 2.75) is 64.0 Å². The van der Waals surface area contributed by atoms with Gasteiger partial charge in [-0.1, -0.05) is 25.1 Å². The van der Waals surface area contributed by atoms with Gasteiger partial charge < -0.3 is 10.1 Å². The average molecular weight is 388 g/mol. The molecule has 0 bridgehead atoms. The van der Waals surface area contributed by atoms with E-state index >= 15 is 0 Å². The molecule has 1 aromatic carbocycles. The van der Waals surface area contributed by atoms with Gasteiger partial charge in [-0.2, -0.15) is 0 Å². The van der Waals surface area contributed by atoms with Crippen LogP contribution < -0.4 is 5.32 Å². The molecule has 0 radical (unpaired) electrons. The molecule has 3 atom stereocenters. The van der Waals surface area contributed by atoms with Crippen LogP contribution in [0.5, 0.6) is 0 Å². The van der Waals surface area contributed by atoms with E-state index in [2.05, 4.69) is 17.2 Å². The molecule has 1 heterocycles. The predicted octanol–water partition coefficient (Wildman–Crippen LogP) is 5.61. The van der Waals surface area contributed by atoms with Gasteiger partial charge in [0.2, 0.25) is 0 Å². The van der Waals surface area contributed by atoms with Crippen LogP contribution >= 0.6 is 0 Å². The minimum atomic E-state index is -0.891. The Hall–Kier alpha value is -2.50. The van der Waals surface area contributed by atoms with E-state index in [1.807, 2.05) is 6.07 Å². The molecule has 0 saturated carbocycles. The zero-order chi connectivity index (χ0) is 20.5. The van der Waals surface area contributed by atoms with Crippen molar-refractivity contribution in [3.05, 3.63) is 65.0 Å². The molecule has 0 saturated heterocycles. The van der Waals surface area contributed by atoms with Crippen LogP contribution in [0.25, 0.3) is 0 Å². The van der Waals surface area contributed by atoms with E-state index in [1.54, 1.807) is 39.1 Å². The van der Waals surface area contributed by atoms with Crippen molar-refractivity contribution < 1.29 is 18.3 Å². The maximum atomic E-state index is 14.6. The lowest BCUT2D eigenvalue weighted by Crippen LogP contribution is -2.37. The molecule has 1 aliphatic carbocycles. The van der Waals surface area contributed by atoms with Gasteiger partial charge in [0.05, 0.1) is 6.04 Å². The van der Waals surface area contributed by atoms with E-state index in [0.717, 1.165) is 23.7 Å². The van der Waals surface area contributed by atoms with Gasteiger partial charge in [0.1, 0.15) is 5.60 Å². The molecule has 6 heteroatoms. The van der Waals surface area contributed by atoms with E-state index in [4.69, 9.17) is 4.74 Å². The Bertz CT molecular complexity index is 864. The smallest absolute Gasteiger partial charge is 0.408 e. The number of halogens is 2. The lowest BCUT2D eigenvalue weighted by Gasteiger charge is -2.29. The van der Waals surface area contributed by atoms with Crippen LogP contribution in [0.4, 0.5) is 13.6 Å². The Balaban J connectivity index is 2.06. The number of aromatic nitrogens is 1. The average Bonchev–Trinajstić information content (AvgIpc) is 2.74. The third-order valence-corrected chi connectivity index (χ3v) is 5.04. The summed E-state index contributed by atoms with van der Waals surface area (Å²) in [5, 5.41) is 2.90.